The lowest BCUT2D eigenvalue weighted by molar-refractivity contribution is -0.142. The van der Waals surface area contributed by atoms with E-state index >= 15 is 0 Å². The summed E-state index contributed by atoms with van der Waals surface area (Å²) >= 11 is 0. The van der Waals surface area contributed by atoms with Crippen molar-refractivity contribution in [2.75, 3.05) is 7.05 Å². The van der Waals surface area contributed by atoms with Crippen molar-refractivity contribution in [1.29, 1.82) is 0 Å². The number of carbonyl (C=O) groups excluding carboxylic acids is 1. The molecule has 0 aliphatic carbocycles. The Bertz CT molecular complexity index is 724. The number of nitrogens with one attached hydrogen (secondary N) is 1. The normalized spacial score (nSPS) is 11.6. The summed E-state index contributed by atoms with van der Waals surface area (Å²) in [7, 11) is 1.43. The van der Waals surface area contributed by atoms with E-state index in [2.05, 4.69) is 20.4 Å². The minimum atomic E-state index is -4.45. The van der Waals surface area contributed by atoms with Gasteiger partial charge in [0.25, 0.3) is 0 Å². The lowest BCUT2D eigenvalue weighted by Gasteiger charge is -2.10. The average Bonchev–Trinajstić information content (AvgIpc) is 2.78. The Morgan fingerprint density at radius 2 is 2.04 bits per heavy atom. The predicted molar refractivity (Wildman–Crippen MR) is 76.6 cm³/mol. The zero-order valence-corrected chi connectivity index (χ0v) is 12.9. The quantitative estimate of drug-likeness (QED) is 0.929. The van der Waals surface area contributed by atoms with Crippen LogP contribution in [0.4, 0.5) is 13.2 Å². The average molecular weight is 327 g/mol. The van der Waals surface area contributed by atoms with Gasteiger partial charge < -0.3 is 5.32 Å². The summed E-state index contributed by atoms with van der Waals surface area (Å²) in [5, 5.41) is 6.21. The molecular weight excluding hydrogens is 311 g/mol. The summed E-state index contributed by atoms with van der Waals surface area (Å²) in [5.41, 5.74) is 1.94. The second-order valence-corrected chi connectivity index (χ2v) is 5.12. The highest BCUT2D eigenvalue weighted by molar-refractivity contribution is 5.77. The van der Waals surface area contributed by atoms with Crippen LogP contribution in [0.5, 0.6) is 0 Å². The Labute approximate surface area is 130 Å². The summed E-state index contributed by atoms with van der Waals surface area (Å²) in [6.07, 6.45) is -3.17. The maximum Gasteiger partial charge on any atom is 0.408 e. The first-order chi connectivity index (χ1) is 10.7. The summed E-state index contributed by atoms with van der Waals surface area (Å²) in [6, 6.07) is 1.75. The molecule has 23 heavy (non-hydrogen) atoms. The number of aromatic nitrogens is 4. The lowest BCUT2D eigenvalue weighted by Crippen LogP contribution is -2.21. The largest absolute Gasteiger partial charge is 0.408 e. The molecule has 0 aliphatic heterocycles. The van der Waals surface area contributed by atoms with Crippen LogP contribution in [0.3, 0.4) is 0 Å². The third kappa shape index (κ3) is 4.27. The van der Waals surface area contributed by atoms with Crippen molar-refractivity contribution in [3.63, 3.8) is 0 Å². The van der Waals surface area contributed by atoms with E-state index in [0.29, 0.717) is 5.56 Å². The van der Waals surface area contributed by atoms with E-state index in [1.807, 2.05) is 0 Å². The molecular formula is C14H16F3N5O. The number of halogens is 3. The molecule has 1 amide bonds. The van der Waals surface area contributed by atoms with E-state index in [-0.39, 0.29) is 24.0 Å². The van der Waals surface area contributed by atoms with Gasteiger partial charge in [0.05, 0.1) is 6.42 Å². The number of nitrogens with zero attached hydrogens (tertiary/aromatic N) is 4. The van der Waals surface area contributed by atoms with Crippen molar-refractivity contribution in [2.24, 2.45) is 0 Å². The Balaban J connectivity index is 2.48. The van der Waals surface area contributed by atoms with Crippen LogP contribution in [-0.2, 0) is 17.8 Å². The molecule has 0 aromatic carbocycles. The van der Waals surface area contributed by atoms with E-state index in [1.165, 1.54) is 13.2 Å². The van der Waals surface area contributed by atoms with Crippen molar-refractivity contribution < 1.29 is 18.0 Å². The van der Waals surface area contributed by atoms with Crippen LogP contribution in [0.2, 0.25) is 0 Å². The second-order valence-electron chi connectivity index (χ2n) is 5.12. The first-order valence-electron chi connectivity index (χ1n) is 6.84. The molecule has 1 N–H and O–H groups in total. The minimum Gasteiger partial charge on any atom is -0.359 e. The van der Waals surface area contributed by atoms with Gasteiger partial charge in [-0.15, -0.1) is 0 Å². The van der Waals surface area contributed by atoms with E-state index in [4.69, 9.17) is 0 Å². The number of alkyl halides is 3. The highest BCUT2D eigenvalue weighted by Gasteiger charge is 2.31. The van der Waals surface area contributed by atoms with Gasteiger partial charge in [-0.3, -0.25) is 9.78 Å². The molecule has 0 saturated heterocycles. The Kier molecular flexibility index (Phi) is 4.67. The van der Waals surface area contributed by atoms with Crippen molar-refractivity contribution in [1.82, 2.24) is 25.1 Å². The molecule has 0 spiro atoms. The molecule has 0 saturated carbocycles. The topological polar surface area (TPSA) is 72.7 Å². The molecule has 2 aromatic heterocycles. The first-order valence-corrected chi connectivity index (χ1v) is 6.84. The summed E-state index contributed by atoms with van der Waals surface area (Å²) in [6.45, 7) is 2.26. The zero-order chi connectivity index (χ0) is 17.2. The van der Waals surface area contributed by atoms with Gasteiger partial charge in [0, 0.05) is 24.5 Å². The second kappa shape index (κ2) is 6.35. The van der Waals surface area contributed by atoms with Crippen molar-refractivity contribution >= 4 is 5.91 Å². The summed E-state index contributed by atoms with van der Waals surface area (Å²) < 4.78 is 39.0. The van der Waals surface area contributed by atoms with E-state index in [0.717, 1.165) is 15.9 Å². The van der Waals surface area contributed by atoms with Gasteiger partial charge in [-0.1, -0.05) is 0 Å². The number of carbonyl (C=O) groups is 1. The fraction of sp³-hybridized carbons (Fsp3) is 0.429. The van der Waals surface area contributed by atoms with Crippen molar-refractivity contribution in [3.8, 4) is 11.4 Å². The third-order valence-corrected chi connectivity index (χ3v) is 3.13. The maximum absolute atomic E-state index is 12.8. The monoisotopic (exact) mass is 327 g/mol. The molecule has 0 bridgehead atoms. The van der Waals surface area contributed by atoms with Gasteiger partial charge in [0.1, 0.15) is 6.54 Å². The number of amides is 1. The fourth-order valence-electron chi connectivity index (χ4n) is 2.11. The van der Waals surface area contributed by atoms with Crippen molar-refractivity contribution in [2.45, 2.75) is 33.0 Å². The van der Waals surface area contributed by atoms with E-state index in [9.17, 15) is 18.0 Å². The Morgan fingerprint density at radius 1 is 1.35 bits per heavy atom. The van der Waals surface area contributed by atoms with Crippen LogP contribution >= 0.6 is 0 Å². The summed E-state index contributed by atoms with van der Waals surface area (Å²) in [4.78, 5) is 19.6. The minimum absolute atomic E-state index is 0.0311. The first kappa shape index (κ1) is 16.9. The molecule has 9 heteroatoms. The Morgan fingerprint density at radius 3 is 2.61 bits per heavy atom. The third-order valence-electron chi connectivity index (χ3n) is 3.13. The number of rotatable bonds is 4. The lowest BCUT2D eigenvalue weighted by atomic mass is 10.1. The van der Waals surface area contributed by atoms with Crippen LogP contribution in [0.25, 0.3) is 11.4 Å². The number of aryl methyl sites for hydroxylation is 2. The molecule has 2 rings (SSSR count). The van der Waals surface area contributed by atoms with Gasteiger partial charge >= 0.3 is 6.18 Å². The smallest absolute Gasteiger partial charge is 0.359 e. The number of pyridine rings is 1. The SMILES string of the molecule is CNC(=O)Cc1nc(-c2cnc(C)cc2C)n(CC(F)(F)F)n1. The molecule has 2 aromatic rings. The van der Waals surface area contributed by atoms with Crippen molar-refractivity contribution in [3.05, 3.63) is 29.3 Å². The van der Waals surface area contributed by atoms with Gasteiger partial charge in [-0.2, -0.15) is 18.3 Å². The van der Waals surface area contributed by atoms with E-state index in [1.54, 1.807) is 19.9 Å². The molecule has 0 radical (unpaired) electrons. The van der Waals surface area contributed by atoms with Gasteiger partial charge in [0.15, 0.2) is 11.6 Å². The molecule has 0 aliphatic rings. The predicted octanol–water partition coefficient (Wildman–Crippen LogP) is 1.81. The maximum atomic E-state index is 12.8. The summed E-state index contributed by atoms with van der Waals surface area (Å²) in [5.74, 6) is -0.297. The molecule has 124 valence electrons. The molecule has 0 fully saturated rings. The molecule has 0 atom stereocenters. The number of hydrogen-bond donors (Lipinski definition) is 1. The highest BCUT2D eigenvalue weighted by Crippen LogP contribution is 2.25. The molecule has 0 unspecified atom stereocenters. The standard InChI is InChI=1S/C14H16F3N5O/c1-8-4-9(2)19-6-10(8)13-20-11(5-12(23)18-3)21-22(13)7-14(15,16)17/h4,6H,5,7H2,1-3H3,(H,18,23). The zero-order valence-electron chi connectivity index (χ0n) is 12.9. The van der Waals surface area contributed by atoms with Crippen LogP contribution < -0.4 is 5.32 Å². The van der Waals surface area contributed by atoms with Gasteiger partial charge in [-0.25, -0.2) is 9.67 Å². The van der Waals surface area contributed by atoms with Crippen LogP contribution in [-0.4, -0.2) is 38.9 Å². The van der Waals surface area contributed by atoms with E-state index < -0.39 is 12.7 Å². The van der Waals surface area contributed by atoms with Gasteiger partial charge in [-0.05, 0) is 25.5 Å². The fourth-order valence-corrected chi connectivity index (χ4v) is 2.11. The van der Waals surface area contributed by atoms with Crippen LogP contribution in [0, 0.1) is 13.8 Å². The van der Waals surface area contributed by atoms with Crippen LogP contribution in [0.15, 0.2) is 12.3 Å². The molecule has 6 nitrogen and oxygen atoms in total. The molecule has 2 heterocycles. The highest BCUT2D eigenvalue weighted by atomic mass is 19.4. The van der Waals surface area contributed by atoms with Crippen LogP contribution in [0.1, 0.15) is 17.1 Å². The Hall–Kier alpha value is -2.45. The van der Waals surface area contributed by atoms with Gasteiger partial charge in [0.2, 0.25) is 5.91 Å². The number of hydrogen-bond acceptors (Lipinski definition) is 4. The number of likely N-dealkylation sites (N-methyl/N-ethyl adjacent to an activating group) is 1.